The molecule has 23 heavy (non-hydrogen) atoms. The van der Waals surface area contributed by atoms with Gasteiger partial charge < -0.3 is 4.74 Å². The number of hydrogen-bond acceptors (Lipinski definition) is 5. The highest BCUT2D eigenvalue weighted by molar-refractivity contribution is 7.93. The molecule has 1 aromatic rings. The Morgan fingerprint density at radius 2 is 2.04 bits per heavy atom. The lowest BCUT2D eigenvalue weighted by atomic mass is 10.1. The first-order valence-corrected chi connectivity index (χ1v) is 10.6. The number of nitrogens with one attached hydrogen (secondary N) is 1. The molecule has 130 valence electrons. The molecule has 9 heteroatoms. The maximum atomic E-state index is 12.2. The molecule has 2 rings (SSSR count). The molecule has 0 radical (unpaired) electrons. The molecule has 0 aliphatic carbocycles. The Balaban J connectivity index is 2.29. The fraction of sp³-hybridized carbons (Fsp3) is 0.571. The minimum atomic E-state index is -3.53. The summed E-state index contributed by atoms with van der Waals surface area (Å²) in [5, 5.41) is 0. The zero-order valence-corrected chi connectivity index (χ0v) is 14.9. The molecule has 0 unspecified atom stereocenters. The fourth-order valence-electron chi connectivity index (χ4n) is 2.42. The predicted octanol–water partition coefficient (Wildman–Crippen LogP) is 1.31. The van der Waals surface area contributed by atoms with Crippen LogP contribution in [-0.2, 0) is 24.8 Å². The predicted molar refractivity (Wildman–Crippen MR) is 90.8 cm³/mol. The van der Waals surface area contributed by atoms with Gasteiger partial charge in [-0.15, -0.1) is 0 Å². The van der Waals surface area contributed by atoms with Crippen molar-refractivity contribution in [2.24, 2.45) is 0 Å². The molecule has 7 nitrogen and oxygen atoms in total. The average Bonchev–Trinajstić information content (AvgIpc) is 2.47. The lowest BCUT2D eigenvalue weighted by Crippen LogP contribution is -2.38. The summed E-state index contributed by atoms with van der Waals surface area (Å²) in [4.78, 5) is 0. The van der Waals surface area contributed by atoms with Crippen molar-refractivity contribution in [3.8, 4) is 0 Å². The number of anilines is 2. The van der Waals surface area contributed by atoms with Crippen molar-refractivity contribution in [1.29, 1.82) is 0 Å². The van der Waals surface area contributed by atoms with Gasteiger partial charge in [-0.05, 0) is 37.5 Å². The molecule has 0 aromatic heterocycles. The number of rotatable bonds is 6. The molecule has 1 aliphatic rings. The number of sulfonamides is 2. The average molecular weight is 362 g/mol. The third-order valence-corrected chi connectivity index (χ3v) is 6.76. The summed E-state index contributed by atoms with van der Waals surface area (Å²) in [7, 11) is -5.44. The van der Waals surface area contributed by atoms with Gasteiger partial charge in [0.1, 0.15) is 0 Å². The zero-order valence-electron chi connectivity index (χ0n) is 13.3. The molecule has 0 amide bonds. The third kappa shape index (κ3) is 4.58. The van der Waals surface area contributed by atoms with E-state index in [2.05, 4.69) is 4.72 Å². The van der Waals surface area contributed by atoms with Crippen molar-refractivity contribution in [3.05, 3.63) is 23.8 Å². The largest absolute Gasteiger partial charge is 0.384 e. The summed E-state index contributed by atoms with van der Waals surface area (Å²) in [6.07, 6.45) is 1.45. The van der Waals surface area contributed by atoms with Gasteiger partial charge in [-0.1, -0.05) is 6.07 Å². The highest BCUT2D eigenvalue weighted by atomic mass is 32.2. The number of hydrogen-bond donors (Lipinski definition) is 1. The van der Waals surface area contributed by atoms with E-state index in [-0.39, 0.29) is 18.1 Å². The SMILES string of the molecule is COCCS(=O)(=O)Nc1ccc(C)c(N2CCCCS2(=O)=O)c1. The molecule has 0 spiro atoms. The van der Waals surface area contributed by atoms with Crippen LogP contribution in [0.5, 0.6) is 0 Å². The highest BCUT2D eigenvalue weighted by Gasteiger charge is 2.27. The summed E-state index contributed by atoms with van der Waals surface area (Å²) < 4.78 is 57.0. The Morgan fingerprint density at radius 3 is 2.70 bits per heavy atom. The second kappa shape index (κ2) is 7.06. The van der Waals surface area contributed by atoms with Crippen molar-refractivity contribution in [2.75, 3.05) is 40.8 Å². The Kier molecular flexibility index (Phi) is 5.53. The van der Waals surface area contributed by atoms with Crippen LogP contribution in [0.1, 0.15) is 18.4 Å². The van der Waals surface area contributed by atoms with E-state index in [1.54, 1.807) is 18.2 Å². The van der Waals surface area contributed by atoms with E-state index in [9.17, 15) is 16.8 Å². The van der Waals surface area contributed by atoms with Crippen molar-refractivity contribution < 1.29 is 21.6 Å². The van der Waals surface area contributed by atoms with Crippen LogP contribution in [0.2, 0.25) is 0 Å². The van der Waals surface area contributed by atoms with E-state index in [4.69, 9.17) is 4.74 Å². The molecule has 1 N–H and O–H groups in total. The lowest BCUT2D eigenvalue weighted by molar-refractivity contribution is 0.217. The molecule has 0 bridgehead atoms. The zero-order chi connectivity index (χ0) is 17.1. The first-order chi connectivity index (χ1) is 10.7. The van der Waals surface area contributed by atoms with Crippen LogP contribution < -0.4 is 9.03 Å². The highest BCUT2D eigenvalue weighted by Crippen LogP contribution is 2.29. The van der Waals surface area contributed by atoms with E-state index >= 15 is 0 Å². The lowest BCUT2D eigenvalue weighted by Gasteiger charge is -2.29. The maximum Gasteiger partial charge on any atom is 0.235 e. The summed E-state index contributed by atoms with van der Waals surface area (Å²) in [6.45, 7) is 2.32. The van der Waals surface area contributed by atoms with Gasteiger partial charge in [0.2, 0.25) is 20.0 Å². The minimum absolute atomic E-state index is 0.0918. The van der Waals surface area contributed by atoms with Crippen LogP contribution in [0.15, 0.2) is 18.2 Å². The molecule has 0 saturated carbocycles. The van der Waals surface area contributed by atoms with E-state index in [1.807, 2.05) is 6.92 Å². The van der Waals surface area contributed by atoms with Crippen molar-refractivity contribution in [1.82, 2.24) is 0 Å². The number of aryl methyl sites for hydroxylation is 1. The van der Waals surface area contributed by atoms with E-state index in [0.717, 1.165) is 12.0 Å². The molecular formula is C14H22N2O5S2. The Hall–Kier alpha value is -1.32. The van der Waals surface area contributed by atoms with E-state index in [0.29, 0.717) is 24.3 Å². The van der Waals surface area contributed by atoms with Crippen LogP contribution in [0.25, 0.3) is 0 Å². The first-order valence-electron chi connectivity index (χ1n) is 7.36. The number of ether oxygens (including phenoxy) is 1. The smallest absolute Gasteiger partial charge is 0.235 e. The van der Waals surface area contributed by atoms with Crippen molar-refractivity contribution in [2.45, 2.75) is 19.8 Å². The summed E-state index contributed by atoms with van der Waals surface area (Å²) >= 11 is 0. The summed E-state index contributed by atoms with van der Waals surface area (Å²) in [6, 6.07) is 4.91. The van der Waals surface area contributed by atoms with Gasteiger partial charge in [0.15, 0.2) is 0 Å². The summed E-state index contributed by atoms with van der Waals surface area (Å²) in [5.74, 6) is -0.0367. The molecular weight excluding hydrogens is 340 g/mol. The second-order valence-corrected chi connectivity index (χ2v) is 9.36. The van der Waals surface area contributed by atoms with Crippen LogP contribution in [-0.4, -0.2) is 48.6 Å². The van der Waals surface area contributed by atoms with Gasteiger partial charge >= 0.3 is 0 Å². The number of nitrogens with zero attached hydrogens (tertiary/aromatic N) is 1. The van der Waals surface area contributed by atoms with Crippen molar-refractivity contribution in [3.63, 3.8) is 0 Å². The quantitative estimate of drug-likeness (QED) is 0.824. The monoisotopic (exact) mass is 362 g/mol. The Labute approximate surface area is 137 Å². The molecule has 1 heterocycles. The van der Waals surface area contributed by atoms with Gasteiger partial charge in [0.25, 0.3) is 0 Å². The second-order valence-electron chi connectivity index (χ2n) is 5.51. The fourth-order valence-corrected chi connectivity index (χ4v) is 5.09. The van der Waals surface area contributed by atoms with E-state index < -0.39 is 20.0 Å². The first kappa shape index (κ1) is 18.0. The Bertz CT molecular complexity index is 759. The third-order valence-electron chi connectivity index (χ3n) is 3.66. The Morgan fingerprint density at radius 1 is 1.30 bits per heavy atom. The van der Waals surface area contributed by atoms with Gasteiger partial charge in [0, 0.05) is 13.7 Å². The summed E-state index contributed by atoms with van der Waals surface area (Å²) in [5.41, 5.74) is 1.66. The molecule has 1 fully saturated rings. The molecule has 1 aliphatic heterocycles. The molecule has 1 saturated heterocycles. The van der Waals surface area contributed by atoms with Gasteiger partial charge in [-0.2, -0.15) is 0 Å². The number of methoxy groups -OCH3 is 1. The van der Waals surface area contributed by atoms with Gasteiger partial charge in [0.05, 0.1) is 29.5 Å². The van der Waals surface area contributed by atoms with Gasteiger partial charge in [-0.25, -0.2) is 16.8 Å². The van der Waals surface area contributed by atoms with Crippen LogP contribution in [0.3, 0.4) is 0 Å². The normalized spacial score (nSPS) is 17.9. The van der Waals surface area contributed by atoms with Crippen LogP contribution in [0, 0.1) is 6.92 Å². The minimum Gasteiger partial charge on any atom is -0.384 e. The van der Waals surface area contributed by atoms with Crippen LogP contribution in [0.4, 0.5) is 11.4 Å². The topological polar surface area (TPSA) is 92.8 Å². The van der Waals surface area contributed by atoms with Crippen LogP contribution >= 0.6 is 0 Å². The van der Waals surface area contributed by atoms with Crippen molar-refractivity contribution >= 4 is 31.4 Å². The van der Waals surface area contributed by atoms with Gasteiger partial charge in [-0.3, -0.25) is 9.03 Å². The number of benzene rings is 1. The maximum absolute atomic E-state index is 12.2. The van der Waals surface area contributed by atoms with E-state index in [1.165, 1.54) is 11.4 Å². The standard InChI is InChI=1S/C14H22N2O5S2/c1-12-5-6-13(15-22(17,18)10-8-21-2)11-14(12)16-7-3-4-9-23(16,19)20/h5-6,11,15H,3-4,7-10H2,1-2H3. The molecule has 0 atom stereocenters. The molecule has 1 aromatic carbocycles.